The van der Waals surface area contributed by atoms with Crippen LogP contribution in [0.1, 0.15) is 18.1 Å². The van der Waals surface area contributed by atoms with Crippen LogP contribution in [0.4, 0.5) is 17.1 Å². The number of nitrogens with zero attached hydrogens (tertiary/aromatic N) is 2. The number of benzene rings is 3. The first kappa shape index (κ1) is 24.5. The molecule has 0 saturated carbocycles. The molecule has 7 nitrogen and oxygen atoms in total. The fourth-order valence-corrected chi connectivity index (χ4v) is 5.20. The van der Waals surface area contributed by atoms with Crippen LogP contribution in [-0.4, -0.2) is 47.3 Å². The van der Waals surface area contributed by atoms with Crippen molar-refractivity contribution in [1.82, 2.24) is 5.32 Å². The van der Waals surface area contributed by atoms with Gasteiger partial charge in [0.15, 0.2) is 0 Å². The van der Waals surface area contributed by atoms with Crippen LogP contribution in [-0.2, 0) is 14.8 Å². The minimum Gasteiger partial charge on any atom is -0.354 e. The summed E-state index contributed by atoms with van der Waals surface area (Å²) in [6, 6.07) is 24.8. The van der Waals surface area contributed by atoms with Gasteiger partial charge in [-0.05, 0) is 49.9 Å². The Morgan fingerprint density at radius 3 is 2.23 bits per heavy atom. The number of anilines is 3. The number of carbonyl (C=O) groups is 1. The molecule has 1 aliphatic heterocycles. The summed E-state index contributed by atoms with van der Waals surface area (Å²) in [6.45, 7) is 3.41. The predicted octanol–water partition coefficient (Wildman–Crippen LogP) is 4.02. The highest BCUT2D eigenvalue weighted by Gasteiger charge is 2.34. The van der Waals surface area contributed by atoms with E-state index in [0.717, 1.165) is 22.5 Å². The summed E-state index contributed by atoms with van der Waals surface area (Å²) in [5, 5.41) is 6.44. The van der Waals surface area contributed by atoms with Crippen molar-refractivity contribution in [2.75, 3.05) is 47.5 Å². The summed E-state index contributed by atoms with van der Waals surface area (Å²) in [7, 11) is -1.63. The van der Waals surface area contributed by atoms with E-state index in [-0.39, 0.29) is 5.91 Å². The maximum Gasteiger partial charge on any atom is 0.261 e. The van der Waals surface area contributed by atoms with Gasteiger partial charge in [-0.1, -0.05) is 48.5 Å². The van der Waals surface area contributed by atoms with Crippen molar-refractivity contribution in [2.45, 2.75) is 6.92 Å². The summed E-state index contributed by atoms with van der Waals surface area (Å²) < 4.78 is 26.0. The van der Waals surface area contributed by atoms with E-state index >= 15 is 0 Å². The van der Waals surface area contributed by atoms with Gasteiger partial charge in [-0.25, -0.2) is 8.42 Å². The number of rotatable bonds is 9. The third-order valence-corrected chi connectivity index (χ3v) is 7.14. The maximum atomic E-state index is 13.5. The smallest absolute Gasteiger partial charge is 0.261 e. The molecule has 1 aliphatic rings. The zero-order valence-electron chi connectivity index (χ0n) is 20.2. The van der Waals surface area contributed by atoms with E-state index in [0.29, 0.717) is 36.6 Å². The average molecular weight is 491 g/mol. The molecule has 3 aromatic carbocycles. The highest BCUT2D eigenvalue weighted by atomic mass is 32.2. The molecule has 4 rings (SSSR count). The Morgan fingerprint density at radius 1 is 0.943 bits per heavy atom. The SMILES string of the molecule is CCN1C(=O)/C(=C(\Nc2ccc(N(CCNC)S(C)(=O)=O)cc2)c2ccccc2)c2ccccc21. The van der Waals surface area contributed by atoms with E-state index in [1.165, 1.54) is 10.6 Å². The number of amides is 1. The lowest BCUT2D eigenvalue weighted by atomic mass is 10.00. The lowest BCUT2D eigenvalue weighted by molar-refractivity contribution is -0.112. The second-order valence-corrected chi connectivity index (χ2v) is 10.2. The molecule has 0 aliphatic carbocycles. The normalized spacial score (nSPS) is 14.6. The molecular weight excluding hydrogens is 460 g/mol. The van der Waals surface area contributed by atoms with Gasteiger partial charge in [0.25, 0.3) is 5.91 Å². The van der Waals surface area contributed by atoms with Crippen molar-refractivity contribution in [3.63, 3.8) is 0 Å². The van der Waals surface area contributed by atoms with Gasteiger partial charge in [-0.15, -0.1) is 0 Å². The van der Waals surface area contributed by atoms with Crippen LogP contribution in [0, 0.1) is 0 Å². The topological polar surface area (TPSA) is 81.8 Å². The van der Waals surface area contributed by atoms with Crippen LogP contribution in [0.3, 0.4) is 0 Å². The quantitative estimate of drug-likeness (QED) is 0.443. The average Bonchev–Trinajstić information content (AvgIpc) is 3.14. The second kappa shape index (κ2) is 10.3. The zero-order chi connectivity index (χ0) is 25.0. The Kier molecular flexibility index (Phi) is 7.23. The number of para-hydroxylation sites is 1. The van der Waals surface area contributed by atoms with Crippen LogP contribution in [0.15, 0.2) is 78.9 Å². The second-order valence-electron chi connectivity index (χ2n) is 8.29. The van der Waals surface area contributed by atoms with Crippen molar-refractivity contribution in [1.29, 1.82) is 0 Å². The van der Waals surface area contributed by atoms with E-state index in [1.807, 2.05) is 73.7 Å². The predicted molar refractivity (Wildman–Crippen MR) is 144 cm³/mol. The van der Waals surface area contributed by atoms with E-state index in [2.05, 4.69) is 10.6 Å². The fraction of sp³-hybridized carbons (Fsp3) is 0.222. The minimum absolute atomic E-state index is 0.0491. The monoisotopic (exact) mass is 490 g/mol. The van der Waals surface area contributed by atoms with Crippen molar-refractivity contribution in [3.8, 4) is 0 Å². The Bertz CT molecular complexity index is 1340. The maximum absolute atomic E-state index is 13.5. The molecular formula is C27H30N4O3S. The Balaban J connectivity index is 1.77. The van der Waals surface area contributed by atoms with Crippen LogP contribution >= 0.6 is 0 Å². The Labute approximate surface area is 207 Å². The number of likely N-dealkylation sites (N-methyl/N-ethyl adjacent to an activating group) is 2. The van der Waals surface area contributed by atoms with Crippen LogP contribution in [0.2, 0.25) is 0 Å². The summed E-state index contributed by atoms with van der Waals surface area (Å²) >= 11 is 0. The first-order valence-corrected chi connectivity index (χ1v) is 13.4. The molecule has 0 spiro atoms. The molecule has 1 heterocycles. The molecule has 3 aromatic rings. The number of hydrogen-bond acceptors (Lipinski definition) is 5. The van der Waals surface area contributed by atoms with Gasteiger partial charge in [0, 0.05) is 30.9 Å². The number of nitrogens with one attached hydrogen (secondary N) is 2. The van der Waals surface area contributed by atoms with Crippen LogP contribution in [0.5, 0.6) is 0 Å². The van der Waals surface area contributed by atoms with E-state index in [1.54, 1.807) is 24.1 Å². The number of sulfonamides is 1. The van der Waals surface area contributed by atoms with Crippen molar-refractivity contribution in [2.24, 2.45) is 0 Å². The number of carbonyl (C=O) groups excluding carboxylic acids is 1. The van der Waals surface area contributed by atoms with Crippen LogP contribution < -0.4 is 19.8 Å². The molecule has 0 saturated heterocycles. The summed E-state index contributed by atoms with van der Waals surface area (Å²) in [5.74, 6) is -0.0491. The van der Waals surface area contributed by atoms with Crippen molar-refractivity contribution >= 4 is 44.3 Å². The van der Waals surface area contributed by atoms with E-state index < -0.39 is 10.0 Å². The molecule has 0 unspecified atom stereocenters. The minimum atomic E-state index is -3.42. The fourth-order valence-electron chi connectivity index (χ4n) is 4.27. The van der Waals surface area contributed by atoms with Gasteiger partial charge < -0.3 is 15.5 Å². The lowest BCUT2D eigenvalue weighted by Crippen LogP contribution is -2.35. The molecule has 182 valence electrons. The number of fused-ring (bicyclic) bond motifs is 1. The molecule has 35 heavy (non-hydrogen) atoms. The van der Waals surface area contributed by atoms with E-state index in [4.69, 9.17) is 0 Å². The van der Waals surface area contributed by atoms with Crippen LogP contribution in [0.25, 0.3) is 11.3 Å². The first-order chi connectivity index (χ1) is 16.8. The van der Waals surface area contributed by atoms with Gasteiger partial charge >= 0.3 is 0 Å². The molecule has 0 fully saturated rings. The highest BCUT2D eigenvalue weighted by molar-refractivity contribution is 7.92. The largest absolute Gasteiger partial charge is 0.354 e. The van der Waals surface area contributed by atoms with Crippen molar-refractivity contribution in [3.05, 3.63) is 90.0 Å². The molecule has 1 amide bonds. The lowest BCUT2D eigenvalue weighted by Gasteiger charge is -2.23. The first-order valence-electron chi connectivity index (χ1n) is 11.6. The summed E-state index contributed by atoms with van der Waals surface area (Å²) in [6.07, 6.45) is 1.20. The Hall–Kier alpha value is -3.62. The van der Waals surface area contributed by atoms with Gasteiger partial charge in [0.05, 0.1) is 28.9 Å². The molecule has 0 atom stereocenters. The summed E-state index contributed by atoms with van der Waals surface area (Å²) in [5.41, 5.74) is 5.33. The number of hydrogen-bond donors (Lipinski definition) is 2. The molecule has 8 heteroatoms. The van der Waals surface area contributed by atoms with Gasteiger partial charge in [-0.3, -0.25) is 9.10 Å². The molecule has 0 aromatic heterocycles. The molecule has 2 N–H and O–H groups in total. The third-order valence-electron chi connectivity index (χ3n) is 5.94. The third kappa shape index (κ3) is 5.08. The highest BCUT2D eigenvalue weighted by Crippen LogP contribution is 2.41. The standard InChI is InChI=1S/C27H30N4O3S/c1-4-30-24-13-9-8-12-23(24)25(27(30)32)26(20-10-6-5-7-11-20)29-21-14-16-22(17-15-21)31(19-18-28-2)35(3,33)34/h5-17,28-29H,4,18-19H2,1-3H3/b26-25-. The summed E-state index contributed by atoms with van der Waals surface area (Å²) in [4.78, 5) is 15.3. The van der Waals surface area contributed by atoms with E-state index in [9.17, 15) is 13.2 Å². The van der Waals surface area contributed by atoms with Gasteiger partial charge in [0.1, 0.15) is 0 Å². The van der Waals surface area contributed by atoms with Crippen molar-refractivity contribution < 1.29 is 13.2 Å². The zero-order valence-corrected chi connectivity index (χ0v) is 21.0. The molecule has 0 radical (unpaired) electrons. The Morgan fingerprint density at radius 2 is 1.60 bits per heavy atom. The molecule has 0 bridgehead atoms. The van der Waals surface area contributed by atoms with Gasteiger partial charge in [0.2, 0.25) is 10.0 Å². The van der Waals surface area contributed by atoms with Gasteiger partial charge in [-0.2, -0.15) is 0 Å².